The van der Waals surface area contributed by atoms with E-state index in [0.29, 0.717) is 4.90 Å². The lowest BCUT2D eigenvalue weighted by atomic mass is 10.1. The van der Waals surface area contributed by atoms with Crippen LogP contribution in [-0.2, 0) is 14.4 Å². The first-order valence-corrected chi connectivity index (χ1v) is 4.48. The maximum Gasteiger partial charge on any atom is 0.327 e. The molecule has 1 rings (SSSR count). The number of amides is 3. The smallest absolute Gasteiger partial charge is 0.327 e. The van der Waals surface area contributed by atoms with Crippen molar-refractivity contribution in [3.63, 3.8) is 0 Å². The Hall–Kier alpha value is -2.12. The van der Waals surface area contributed by atoms with Gasteiger partial charge in [-0.1, -0.05) is 0 Å². The van der Waals surface area contributed by atoms with E-state index in [1.165, 1.54) is 0 Å². The van der Waals surface area contributed by atoms with Gasteiger partial charge in [0, 0.05) is 6.42 Å². The number of nitrogens with zero attached hydrogens (tertiary/aromatic N) is 1. The maximum absolute atomic E-state index is 11.2. The highest BCUT2D eigenvalue weighted by atomic mass is 16.4. The van der Waals surface area contributed by atoms with Gasteiger partial charge in [0.2, 0.25) is 0 Å². The lowest BCUT2D eigenvalue weighted by Crippen LogP contribution is -2.45. The SMILES string of the molecule is O=C(O)CCC(C(=O)O)N1C(=O)CNC1=O. The third-order valence-corrected chi connectivity index (χ3v) is 2.11. The van der Waals surface area contributed by atoms with Crippen LogP contribution in [0.2, 0.25) is 0 Å². The highest BCUT2D eigenvalue weighted by molar-refractivity contribution is 6.04. The Labute approximate surface area is 89.8 Å². The van der Waals surface area contributed by atoms with Crippen LogP contribution in [-0.4, -0.2) is 51.6 Å². The first-order valence-electron chi connectivity index (χ1n) is 4.48. The number of nitrogens with one attached hydrogen (secondary N) is 1. The van der Waals surface area contributed by atoms with Crippen molar-refractivity contribution in [1.82, 2.24) is 10.2 Å². The van der Waals surface area contributed by atoms with Gasteiger partial charge >= 0.3 is 18.0 Å². The normalized spacial score (nSPS) is 17.1. The Bertz CT molecular complexity index is 336. The second-order valence-corrected chi connectivity index (χ2v) is 3.21. The molecule has 3 amide bonds. The van der Waals surface area contributed by atoms with E-state index in [2.05, 4.69) is 5.32 Å². The van der Waals surface area contributed by atoms with Crippen molar-refractivity contribution in [3.8, 4) is 0 Å². The van der Waals surface area contributed by atoms with Gasteiger partial charge in [-0.05, 0) is 6.42 Å². The molecule has 0 aromatic heterocycles. The van der Waals surface area contributed by atoms with Gasteiger partial charge in [0.05, 0.1) is 6.54 Å². The number of aliphatic carboxylic acids is 2. The Morgan fingerprint density at radius 3 is 2.38 bits per heavy atom. The third-order valence-electron chi connectivity index (χ3n) is 2.11. The highest BCUT2D eigenvalue weighted by Crippen LogP contribution is 2.12. The summed E-state index contributed by atoms with van der Waals surface area (Å²) in [6.45, 7) is -0.254. The summed E-state index contributed by atoms with van der Waals surface area (Å²) in [6, 6.07) is -2.23. The van der Waals surface area contributed by atoms with E-state index in [4.69, 9.17) is 10.2 Å². The molecule has 1 atom stereocenters. The van der Waals surface area contributed by atoms with Crippen LogP contribution in [0.4, 0.5) is 4.79 Å². The first-order chi connectivity index (χ1) is 7.43. The van der Waals surface area contributed by atoms with E-state index in [0.717, 1.165) is 0 Å². The van der Waals surface area contributed by atoms with E-state index in [-0.39, 0.29) is 13.0 Å². The number of carboxylic acid groups (broad SMARTS) is 2. The number of urea groups is 1. The fraction of sp³-hybridized carbons (Fsp3) is 0.500. The summed E-state index contributed by atoms with van der Waals surface area (Å²) in [6.07, 6.45) is -0.724. The predicted octanol–water partition coefficient (Wildman–Crippen LogP) is -1.14. The van der Waals surface area contributed by atoms with Crippen LogP contribution in [0, 0.1) is 0 Å². The quantitative estimate of drug-likeness (QED) is 0.512. The molecule has 1 aliphatic heterocycles. The Morgan fingerprint density at radius 1 is 1.38 bits per heavy atom. The second-order valence-electron chi connectivity index (χ2n) is 3.21. The average Bonchev–Trinajstić information content (AvgIpc) is 2.48. The van der Waals surface area contributed by atoms with Crippen LogP contribution in [0.1, 0.15) is 12.8 Å². The Balaban J connectivity index is 2.76. The van der Waals surface area contributed by atoms with Gasteiger partial charge < -0.3 is 15.5 Å². The molecule has 1 saturated heterocycles. The minimum absolute atomic E-state index is 0.254. The minimum Gasteiger partial charge on any atom is -0.481 e. The standard InChI is InChI=1S/C8H10N2O6/c11-5-3-9-8(16)10(5)4(7(14)15)1-2-6(12)13/h4H,1-3H2,(H,9,16)(H,12,13)(H,14,15). The van der Waals surface area contributed by atoms with Crippen molar-refractivity contribution in [2.24, 2.45) is 0 Å². The molecule has 1 heterocycles. The number of hydrogen-bond acceptors (Lipinski definition) is 4. The fourth-order valence-electron chi connectivity index (χ4n) is 1.37. The van der Waals surface area contributed by atoms with Crippen LogP contribution < -0.4 is 5.32 Å². The van der Waals surface area contributed by atoms with Crippen LogP contribution in [0.3, 0.4) is 0 Å². The minimum atomic E-state index is -1.42. The van der Waals surface area contributed by atoms with Crippen molar-refractivity contribution in [3.05, 3.63) is 0 Å². The van der Waals surface area contributed by atoms with Crippen molar-refractivity contribution in [2.75, 3.05) is 6.54 Å². The van der Waals surface area contributed by atoms with Gasteiger partial charge in [0.1, 0.15) is 6.04 Å². The van der Waals surface area contributed by atoms with Gasteiger partial charge in [-0.3, -0.25) is 9.59 Å². The third kappa shape index (κ3) is 2.47. The number of imide groups is 1. The van der Waals surface area contributed by atoms with E-state index >= 15 is 0 Å². The maximum atomic E-state index is 11.2. The number of carboxylic acids is 2. The first kappa shape index (κ1) is 12.0. The van der Waals surface area contributed by atoms with Crippen LogP contribution in [0.15, 0.2) is 0 Å². The summed E-state index contributed by atoms with van der Waals surface area (Å²) in [5.41, 5.74) is 0. The molecule has 88 valence electrons. The van der Waals surface area contributed by atoms with E-state index < -0.39 is 36.3 Å². The molecule has 1 aliphatic rings. The van der Waals surface area contributed by atoms with Gasteiger partial charge in [-0.2, -0.15) is 0 Å². The zero-order valence-corrected chi connectivity index (χ0v) is 8.17. The van der Waals surface area contributed by atoms with Crippen molar-refractivity contribution < 1.29 is 29.4 Å². The molecule has 16 heavy (non-hydrogen) atoms. The number of carbonyl (C=O) groups is 4. The summed E-state index contributed by atoms with van der Waals surface area (Å²) in [5, 5.41) is 19.4. The summed E-state index contributed by atoms with van der Waals surface area (Å²) in [7, 11) is 0. The van der Waals surface area contributed by atoms with Crippen LogP contribution in [0.5, 0.6) is 0 Å². The molecule has 0 radical (unpaired) electrons. The molecule has 1 unspecified atom stereocenters. The lowest BCUT2D eigenvalue weighted by Gasteiger charge is -2.20. The second kappa shape index (κ2) is 4.60. The average molecular weight is 230 g/mol. The van der Waals surface area contributed by atoms with Crippen LogP contribution in [0.25, 0.3) is 0 Å². The largest absolute Gasteiger partial charge is 0.481 e. The van der Waals surface area contributed by atoms with E-state index in [9.17, 15) is 19.2 Å². The fourth-order valence-corrected chi connectivity index (χ4v) is 1.37. The summed E-state index contributed by atoms with van der Waals surface area (Å²) < 4.78 is 0. The molecular formula is C8H10N2O6. The van der Waals surface area contributed by atoms with Crippen molar-refractivity contribution in [1.29, 1.82) is 0 Å². The molecule has 0 spiro atoms. The summed E-state index contributed by atoms with van der Waals surface area (Å²) in [4.78, 5) is 44.0. The Morgan fingerprint density at radius 2 is 2.00 bits per heavy atom. The molecule has 0 aliphatic carbocycles. The number of hydrogen-bond donors (Lipinski definition) is 3. The van der Waals surface area contributed by atoms with Crippen molar-refractivity contribution >= 4 is 23.9 Å². The molecule has 8 heteroatoms. The number of carbonyl (C=O) groups excluding carboxylic acids is 2. The van der Waals surface area contributed by atoms with Crippen LogP contribution >= 0.6 is 0 Å². The zero-order chi connectivity index (χ0) is 12.3. The summed E-state index contributed by atoms with van der Waals surface area (Å²) >= 11 is 0. The molecule has 0 aromatic carbocycles. The van der Waals surface area contributed by atoms with Gasteiger partial charge in [0.15, 0.2) is 0 Å². The van der Waals surface area contributed by atoms with E-state index in [1.54, 1.807) is 0 Å². The van der Waals surface area contributed by atoms with Gasteiger partial charge in [-0.25, -0.2) is 14.5 Å². The molecule has 0 saturated carbocycles. The number of rotatable bonds is 5. The van der Waals surface area contributed by atoms with Crippen molar-refractivity contribution in [2.45, 2.75) is 18.9 Å². The monoisotopic (exact) mass is 230 g/mol. The molecule has 3 N–H and O–H groups in total. The lowest BCUT2D eigenvalue weighted by molar-refractivity contribution is -0.147. The zero-order valence-electron chi connectivity index (χ0n) is 8.17. The molecule has 0 aromatic rings. The molecule has 0 bridgehead atoms. The summed E-state index contributed by atoms with van der Waals surface area (Å²) in [5.74, 6) is -3.24. The van der Waals surface area contributed by atoms with Gasteiger partial charge in [0.25, 0.3) is 5.91 Å². The molecule has 1 fully saturated rings. The molecule has 8 nitrogen and oxygen atoms in total. The van der Waals surface area contributed by atoms with Gasteiger partial charge in [-0.15, -0.1) is 0 Å². The Kier molecular flexibility index (Phi) is 3.44. The topological polar surface area (TPSA) is 124 Å². The van der Waals surface area contributed by atoms with E-state index in [1.807, 2.05) is 0 Å². The molecular weight excluding hydrogens is 220 g/mol. The highest BCUT2D eigenvalue weighted by Gasteiger charge is 2.38. The predicted molar refractivity (Wildman–Crippen MR) is 48.5 cm³/mol.